The van der Waals surface area contributed by atoms with E-state index in [0.29, 0.717) is 49.0 Å². The highest BCUT2D eigenvalue weighted by Gasteiger charge is 2.25. The molecule has 200 valence electrons. The quantitative estimate of drug-likeness (QED) is 0.373. The highest BCUT2D eigenvalue weighted by atomic mass is 16.5. The molecule has 3 aromatic rings. The summed E-state index contributed by atoms with van der Waals surface area (Å²) in [5.74, 6) is -0.283. The Balaban J connectivity index is 1.25. The Hall–Kier alpha value is -4.26. The first-order chi connectivity index (χ1) is 18.4. The summed E-state index contributed by atoms with van der Waals surface area (Å²) in [4.78, 5) is 41.8. The third kappa shape index (κ3) is 6.17. The van der Waals surface area contributed by atoms with Crippen molar-refractivity contribution in [2.75, 3.05) is 43.1 Å². The van der Waals surface area contributed by atoms with E-state index in [1.807, 2.05) is 6.07 Å². The van der Waals surface area contributed by atoms with E-state index in [9.17, 15) is 14.7 Å². The van der Waals surface area contributed by atoms with Crippen molar-refractivity contribution in [1.29, 1.82) is 0 Å². The zero-order valence-electron chi connectivity index (χ0n) is 20.6. The number of hydrogen-bond donors (Lipinski definition) is 3. The van der Waals surface area contributed by atoms with Gasteiger partial charge in [0.25, 0.3) is 0 Å². The van der Waals surface area contributed by atoms with Crippen LogP contribution in [0.5, 0.6) is 11.6 Å². The maximum Gasteiger partial charge on any atom is 0.341 e. The van der Waals surface area contributed by atoms with Gasteiger partial charge < -0.3 is 34.6 Å². The van der Waals surface area contributed by atoms with E-state index in [2.05, 4.69) is 25.2 Å². The van der Waals surface area contributed by atoms with Crippen LogP contribution in [-0.2, 0) is 9.53 Å². The van der Waals surface area contributed by atoms with Gasteiger partial charge in [-0.3, -0.25) is 4.98 Å². The molecule has 0 bridgehead atoms. The Morgan fingerprint density at radius 2 is 1.76 bits per heavy atom. The summed E-state index contributed by atoms with van der Waals surface area (Å²) in [5.41, 5.74) is 0.709. The molecule has 1 aliphatic carbocycles. The Morgan fingerprint density at radius 1 is 1.03 bits per heavy atom. The van der Waals surface area contributed by atoms with E-state index < -0.39 is 18.5 Å². The van der Waals surface area contributed by atoms with Crippen LogP contribution >= 0.6 is 0 Å². The van der Waals surface area contributed by atoms with Crippen LogP contribution in [-0.4, -0.2) is 87.1 Å². The summed E-state index contributed by atoms with van der Waals surface area (Å²) < 4.78 is 16.9. The molecule has 3 aromatic heterocycles. The number of hydrogen-bond acceptors (Lipinski definition) is 11. The lowest BCUT2D eigenvalue weighted by molar-refractivity contribution is -0.139. The summed E-state index contributed by atoms with van der Waals surface area (Å²) in [7, 11) is 0. The molecule has 0 atom stereocenters. The lowest BCUT2D eigenvalue weighted by Crippen LogP contribution is -2.37. The third-order valence-corrected chi connectivity index (χ3v) is 6.49. The van der Waals surface area contributed by atoms with Crippen LogP contribution in [0.25, 0.3) is 10.9 Å². The monoisotopic (exact) mass is 524 g/mol. The lowest BCUT2D eigenvalue weighted by Gasteiger charge is -2.31. The summed E-state index contributed by atoms with van der Waals surface area (Å²) in [6.07, 6.45) is 7.26. The Kier molecular flexibility index (Phi) is 7.63. The first-order valence-corrected chi connectivity index (χ1v) is 12.4. The van der Waals surface area contributed by atoms with Gasteiger partial charge in [0.05, 0.1) is 42.1 Å². The van der Waals surface area contributed by atoms with Gasteiger partial charge in [-0.1, -0.05) is 0 Å². The predicted molar refractivity (Wildman–Crippen MR) is 135 cm³/mol. The molecule has 0 amide bonds. The second-order valence-electron chi connectivity index (χ2n) is 9.14. The van der Waals surface area contributed by atoms with Gasteiger partial charge in [0.15, 0.2) is 12.4 Å². The fourth-order valence-electron chi connectivity index (χ4n) is 4.52. The number of carbonyl (C=O) groups is 2. The maximum absolute atomic E-state index is 11.6. The molecule has 1 saturated heterocycles. The van der Waals surface area contributed by atoms with Gasteiger partial charge in [0, 0.05) is 31.4 Å². The number of morpholine rings is 1. The van der Waals surface area contributed by atoms with E-state index >= 15 is 0 Å². The average Bonchev–Trinajstić information content (AvgIpc) is 2.94. The number of fused-ring (bicyclic) bond motifs is 1. The van der Waals surface area contributed by atoms with Gasteiger partial charge in [-0.15, -0.1) is 0 Å². The minimum atomic E-state index is -1.07. The van der Waals surface area contributed by atoms with Crippen molar-refractivity contribution in [3.05, 3.63) is 36.3 Å². The van der Waals surface area contributed by atoms with Crippen molar-refractivity contribution in [2.24, 2.45) is 0 Å². The number of carboxylic acids is 2. The lowest BCUT2D eigenvalue weighted by atomic mass is 9.93. The number of aliphatic carboxylic acids is 1. The molecule has 0 spiro atoms. The highest BCUT2D eigenvalue weighted by Crippen LogP contribution is 2.32. The Morgan fingerprint density at radius 3 is 2.45 bits per heavy atom. The molecule has 13 nitrogen and oxygen atoms in total. The first-order valence-electron chi connectivity index (χ1n) is 12.4. The number of ether oxygens (including phenoxy) is 3. The van der Waals surface area contributed by atoms with Gasteiger partial charge >= 0.3 is 11.9 Å². The van der Waals surface area contributed by atoms with Gasteiger partial charge in [-0.25, -0.2) is 19.6 Å². The van der Waals surface area contributed by atoms with Gasteiger partial charge in [0.1, 0.15) is 11.9 Å². The molecule has 4 heterocycles. The first kappa shape index (κ1) is 25.4. The second-order valence-corrected chi connectivity index (χ2v) is 9.14. The predicted octanol–water partition coefficient (Wildman–Crippen LogP) is 2.22. The molecule has 38 heavy (non-hydrogen) atoms. The van der Waals surface area contributed by atoms with Crippen LogP contribution in [0.1, 0.15) is 36.0 Å². The van der Waals surface area contributed by atoms with Crippen LogP contribution in [0.3, 0.4) is 0 Å². The van der Waals surface area contributed by atoms with Crippen LogP contribution < -0.4 is 19.7 Å². The van der Waals surface area contributed by atoms with Crippen LogP contribution in [0.4, 0.5) is 11.8 Å². The molecule has 0 radical (unpaired) electrons. The van der Waals surface area contributed by atoms with Gasteiger partial charge in [0.2, 0.25) is 11.8 Å². The molecule has 5 rings (SSSR count). The Bertz CT molecular complexity index is 1290. The van der Waals surface area contributed by atoms with Crippen LogP contribution in [0.2, 0.25) is 0 Å². The van der Waals surface area contributed by atoms with Crippen LogP contribution in [0, 0.1) is 0 Å². The molecule has 1 saturated carbocycles. The van der Waals surface area contributed by atoms with E-state index in [0.717, 1.165) is 31.5 Å². The number of pyridine rings is 2. The molecule has 2 fully saturated rings. The molecular weight excluding hydrogens is 496 g/mol. The number of aromatic nitrogens is 4. The topological polar surface area (TPSA) is 169 Å². The van der Waals surface area contributed by atoms with Crippen molar-refractivity contribution in [3.8, 4) is 11.6 Å². The fourth-order valence-corrected chi connectivity index (χ4v) is 4.52. The minimum Gasteiger partial charge on any atom is -0.479 e. The molecule has 3 N–H and O–H groups in total. The zero-order chi connectivity index (χ0) is 26.5. The Labute approximate surface area is 217 Å². The van der Waals surface area contributed by atoms with Crippen molar-refractivity contribution in [2.45, 2.75) is 37.8 Å². The molecule has 1 aliphatic heterocycles. The van der Waals surface area contributed by atoms with Crippen molar-refractivity contribution in [1.82, 2.24) is 19.9 Å². The fraction of sp³-hybridized carbons (Fsp3) is 0.440. The molecule has 2 aliphatic rings. The standard InChI is InChI=1S/C25H28N6O7/c32-22(33)14-37-18-12-27-25(28-13-18)29-16-1-3-17(4-2-16)38-23-19-9-15(24(34)35)11-26-20(19)10-21(30-23)31-5-7-36-8-6-31/h9-13,16-17H,1-8,14H2,(H,32,33)(H,34,35)(H,27,28,29)/t16-,17+. The van der Waals surface area contributed by atoms with Crippen molar-refractivity contribution < 1.29 is 34.0 Å². The van der Waals surface area contributed by atoms with E-state index in [4.69, 9.17) is 24.3 Å². The zero-order valence-corrected chi connectivity index (χ0v) is 20.6. The number of rotatable bonds is 9. The van der Waals surface area contributed by atoms with Crippen LogP contribution in [0.15, 0.2) is 30.7 Å². The molecule has 13 heteroatoms. The van der Waals surface area contributed by atoms with E-state index in [-0.39, 0.29) is 23.5 Å². The molecule has 0 unspecified atom stereocenters. The maximum atomic E-state index is 11.6. The summed E-state index contributed by atoms with van der Waals surface area (Å²) in [6.45, 7) is 2.18. The number of nitrogens with one attached hydrogen (secondary N) is 1. The third-order valence-electron chi connectivity index (χ3n) is 6.49. The highest BCUT2D eigenvalue weighted by molar-refractivity contribution is 5.94. The largest absolute Gasteiger partial charge is 0.479 e. The normalized spacial score (nSPS) is 19.6. The van der Waals surface area contributed by atoms with Gasteiger partial charge in [-0.2, -0.15) is 4.98 Å². The minimum absolute atomic E-state index is 0.0792. The molecular formula is C25H28N6O7. The van der Waals surface area contributed by atoms with E-state index in [1.54, 1.807) is 6.07 Å². The summed E-state index contributed by atoms with van der Waals surface area (Å²) >= 11 is 0. The van der Waals surface area contributed by atoms with E-state index in [1.165, 1.54) is 18.6 Å². The number of anilines is 2. The second kappa shape index (κ2) is 11.4. The number of carboxylic acid groups (broad SMARTS) is 2. The number of nitrogens with zero attached hydrogens (tertiary/aromatic N) is 5. The van der Waals surface area contributed by atoms with Crippen molar-refractivity contribution in [3.63, 3.8) is 0 Å². The molecule has 0 aromatic carbocycles. The average molecular weight is 525 g/mol. The SMILES string of the molecule is O=C(O)COc1cnc(N[C@H]2CC[C@@H](Oc3nc(N4CCOCC4)cc4ncc(C(=O)O)cc34)CC2)nc1. The van der Waals surface area contributed by atoms with Gasteiger partial charge in [-0.05, 0) is 31.7 Å². The smallest absolute Gasteiger partial charge is 0.341 e. The summed E-state index contributed by atoms with van der Waals surface area (Å²) in [6, 6.07) is 3.56. The number of aromatic carboxylic acids is 1. The van der Waals surface area contributed by atoms with Crippen molar-refractivity contribution >= 4 is 34.6 Å². The summed E-state index contributed by atoms with van der Waals surface area (Å²) in [5, 5.41) is 22.0.